The molecule has 0 aromatic rings. The summed E-state index contributed by atoms with van der Waals surface area (Å²) in [5.74, 6) is -0.140. The van der Waals surface area contributed by atoms with Crippen LogP contribution in [0.15, 0.2) is 12.2 Å². The molecule has 1 amide bonds. The van der Waals surface area contributed by atoms with Gasteiger partial charge < -0.3 is 19.8 Å². The van der Waals surface area contributed by atoms with Crippen molar-refractivity contribution in [2.45, 2.75) is 302 Å². The summed E-state index contributed by atoms with van der Waals surface area (Å²) in [6, 6.07) is -0.757. The number of quaternary nitrogens is 1. The Morgan fingerprint density at radius 1 is 0.508 bits per heavy atom. The average molecular weight is 943 g/mol. The van der Waals surface area contributed by atoms with E-state index in [1.807, 2.05) is 21.1 Å². The molecular weight excluding hydrogens is 828 g/mol. The van der Waals surface area contributed by atoms with Gasteiger partial charge in [0.25, 0.3) is 0 Å². The summed E-state index contributed by atoms with van der Waals surface area (Å²) in [5.41, 5.74) is 0. The van der Waals surface area contributed by atoms with Gasteiger partial charge in [0.1, 0.15) is 13.2 Å². The number of nitrogens with zero attached hydrogens (tertiary/aromatic N) is 1. The molecule has 65 heavy (non-hydrogen) atoms. The number of aliphatic hydroxyl groups is 1. The maximum Gasteiger partial charge on any atom is 0.472 e. The van der Waals surface area contributed by atoms with Crippen LogP contribution in [0.25, 0.3) is 0 Å². The van der Waals surface area contributed by atoms with E-state index in [1.165, 1.54) is 225 Å². The van der Waals surface area contributed by atoms with E-state index in [9.17, 15) is 19.4 Å². The first kappa shape index (κ1) is 64.2. The van der Waals surface area contributed by atoms with Gasteiger partial charge >= 0.3 is 7.82 Å². The van der Waals surface area contributed by atoms with Crippen molar-refractivity contribution in [2.24, 2.45) is 0 Å². The minimum absolute atomic E-state index is 0.0773. The van der Waals surface area contributed by atoms with Gasteiger partial charge in [0.05, 0.1) is 39.9 Å². The van der Waals surface area contributed by atoms with E-state index >= 15 is 0 Å². The predicted octanol–water partition coefficient (Wildman–Crippen LogP) is 17.0. The molecule has 388 valence electrons. The van der Waals surface area contributed by atoms with Gasteiger partial charge in [0.2, 0.25) is 5.91 Å². The topological polar surface area (TPSA) is 105 Å². The molecule has 0 aliphatic rings. The van der Waals surface area contributed by atoms with Crippen molar-refractivity contribution >= 4 is 13.7 Å². The molecule has 0 aliphatic carbocycles. The molecule has 0 spiro atoms. The number of phosphoric acid groups is 1. The Kier molecular flexibility index (Phi) is 47.7. The van der Waals surface area contributed by atoms with E-state index in [0.29, 0.717) is 23.9 Å². The number of aliphatic hydroxyl groups excluding tert-OH is 1. The van der Waals surface area contributed by atoms with E-state index in [-0.39, 0.29) is 19.1 Å². The first-order valence-corrected chi connectivity index (χ1v) is 30.0. The fourth-order valence-electron chi connectivity index (χ4n) is 8.75. The molecule has 0 aromatic heterocycles. The van der Waals surface area contributed by atoms with Crippen LogP contribution in [0, 0.1) is 0 Å². The van der Waals surface area contributed by atoms with E-state index in [2.05, 4.69) is 31.3 Å². The van der Waals surface area contributed by atoms with Gasteiger partial charge in [0, 0.05) is 6.42 Å². The maximum atomic E-state index is 13.0. The molecular formula is C56H114N2O6P+. The number of allylic oxidation sites excluding steroid dienone is 2. The molecule has 3 unspecified atom stereocenters. The van der Waals surface area contributed by atoms with Crippen LogP contribution in [0.5, 0.6) is 0 Å². The number of carbonyl (C=O) groups is 1. The lowest BCUT2D eigenvalue weighted by molar-refractivity contribution is -0.870. The van der Waals surface area contributed by atoms with Crippen LogP contribution in [-0.2, 0) is 18.4 Å². The first-order valence-electron chi connectivity index (χ1n) is 28.6. The fraction of sp³-hybridized carbons (Fsp3) is 0.946. The van der Waals surface area contributed by atoms with Crippen LogP contribution in [-0.4, -0.2) is 73.4 Å². The Labute approximate surface area is 405 Å². The number of hydrogen-bond donors (Lipinski definition) is 3. The summed E-state index contributed by atoms with van der Waals surface area (Å²) in [7, 11) is 1.63. The molecule has 0 saturated carbocycles. The Balaban J connectivity index is 4.04. The lowest BCUT2D eigenvalue weighted by atomic mass is 10.0. The number of carbonyl (C=O) groups excluding carboxylic acids is 1. The molecule has 0 radical (unpaired) electrons. The lowest BCUT2D eigenvalue weighted by Gasteiger charge is -2.26. The molecule has 0 bridgehead atoms. The van der Waals surface area contributed by atoms with E-state index < -0.39 is 20.0 Å². The molecule has 0 aromatic carbocycles. The van der Waals surface area contributed by atoms with Crippen LogP contribution in [0.4, 0.5) is 0 Å². The number of rotatable bonds is 53. The second kappa shape index (κ2) is 48.3. The molecule has 3 atom stereocenters. The van der Waals surface area contributed by atoms with Crippen molar-refractivity contribution in [3.63, 3.8) is 0 Å². The van der Waals surface area contributed by atoms with E-state index in [1.54, 1.807) is 0 Å². The van der Waals surface area contributed by atoms with Crippen molar-refractivity contribution in [3.05, 3.63) is 12.2 Å². The Bertz CT molecular complexity index is 1070. The summed E-state index contributed by atoms with van der Waals surface area (Å²) >= 11 is 0. The van der Waals surface area contributed by atoms with Crippen LogP contribution in [0.1, 0.15) is 290 Å². The smallest absolute Gasteiger partial charge is 0.391 e. The zero-order chi connectivity index (χ0) is 47.8. The van der Waals surface area contributed by atoms with Crippen molar-refractivity contribution in [1.29, 1.82) is 0 Å². The fourth-order valence-corrected chi connectivity index (χ4v) is 9.49. The standard InChI is InChI=1S/C56H113N2O6P/c1-6-8-10-12-14-16-18-20-22-23-24-25-26-27-28-29-30-31-32-33-34-35-36-38-40-42-44-46-48-50-56(60)57-54(53-64-65(61,62)63-52-51-58(3,4)5)55(59)49-47-45-43-41-39-37-21-19-17-15-13-11-9-7-2/h27-28,54-55,59H,6-26,29-53H2,1-5H3,(H-,57,60,61,62)/p+1/b28-27-. The van der Waals surface area contributed by atoms with E-state index in [0.717, 1.165) is 38.5 Å². The maximum absolute atomic E-state index is 13.0. The highest BCUT2D eigenvalue weighted by molar-refractivity contribution is 7.47. The molecule has 9 heteroatoms. The largest absolute Gasteiger partial charge is 0.472 e. The van der Waals surface area contributed by atoms with Crippen LogP contribution in [0.3, 0.4) is 0 Å². The van der Waals surface area contributed by atoms with Gasteiger partial charge in [-0.3, -0.25) is 13.8 Å². The monoisotopic (exact) mass is 942 g/mol. The molecule has 0 fully saturated rings. The van der Waals surface area contributed by atoms with Crippen molar-refractivity contribution in [2.75, 3.05) is 40.9 Å². The van der Waals surface area contributed by atoms with Gasteiger partial charge in [-0.1, -0.05) is 257 Å². The highest BCUT2D eigenvalue weighted by Gasteiger charge is 2.28. The normalized spacial score (nSPS) is 14.0. The highest BCUT2D eigenvalue weighted by Crippen LogP contribution is 2.43. The molecule has 0 saturated heterocycles. The van der Waals surface area contributed by atoms with E-state index in [4.69, 9.17) is 9.05 Å². The highest BCUT2D eigenvalue weighted by atomic mass is 31.2. The average Bonchev–Trinajstić information content (AvgIpc) is 3.26. The third-order valence-electron chi connectivity index (χ3n) is 13.3. The van der Waals surface area contributed by atoms with Crippen LogP contribution in [0.2, 0.25) is 0 Å². The molecule has 3 N–H and O–H groups in total. The first-order chi connectivity index (χ1) is 31.5. The predicted molar refractivity (Wildman–Crippen MR) is 282 cm³/mol. The lowest BCUT2D eigenvalue weighted by Crippen LogP contribution is -2.46. The van der Waals surface area contributed by atoms with Crippen LogP contribution >= 0.6 is 7.82 Å². The summed E-state index contributed by atoms with van der Waals surface area (Å²) in [5, 5.41) is 14.0. The van der Waals surface area contributed by atoms with Crippen molar-refractivity contribution < 1.29 is 32.9 Å². The van der Waals surface area contributed by atoms with Gasteiger partial charge in [-0.25, -0.2) is 4.57 Å². The van der Waals surface area contributed by atoms with Crippen LogP contribution < -0.4 is 5.32 Å². The number of phosphoric ester groups is 1. The Morgan fingerprint density at radius 2 is 0.831 bits per heavy atom. The number of amides is 1. The quantitative estimate of drug-likeness (QED) is 0.0243. The number of nitrogens with one attached hydrogen (secondary N) is 1. The molecule has 0 rings (SSSR count). The Morgan fingerprint density at radius 3 is 1.18 bits per heavy atom. The number of likely N-dealkylation sites (N-methyl/N-ethyl adjacent to an activating group) is 1. The van der Waals surface area contributed by atoms with Gasteiger partial charge in [-0.2, -0.15) is 0 Å². The van der Waals surface area contributed by atoms with Crippen molar-refractivity contribution in [3.8, 4) is 0 Å². The summed E-state index contributed by atoms with van der Waals surface area (Å²) in [6.45, 7) is 4.92. The number of unbranched alkanes of at least 4 members (excludes halogenated alkanes) is 38. The summed E-state index contributed by atoms with van der Waals surface area (Å²) in [6.07, 6.45) is 58.4. The zero-order valence-corrected chi connectivity index (χ0v) is 45.2. The van der Waals surface area contributed by atoms with Crippen molar-refractivity contribution in [1.82, 2.24) is 5.32 Å². The second-order valence-electron chi connectivity index (χ2n) is 21.0. The Hall–Kier alpha value is -0.760. The number of hydrogen-bond acceptors (Lipinski definition) is 5. The molecule has 0 heterocycles. The van der Waals surface area contributed by atoms with Gasteiger partial charge in [-0.15, -0.1) is 0 Å². The SMILES string of the molecule is CCCCCCCCCCCCCC/C=C\CCCCCCCCCCCCCCCC(=O)NC(COP(=O)(O)OCC[N+](C)(C)C)C(O)CCCCCCCCCCCCCCCC. The summed E-state index contributed by atoms with van der Waals surface area (Å²) in [4.78, 5) is 23.3. The molecule has 0 aliphatic heterocycles. The second-order valence-corrected chi connectivity index (χ2v) is 22.5. The van der Waals surface area contributed by atoms with Gasteiger partial charge in [0.15, 0.2) is 0 Å². The zero-order valence-electron chi connectivity index (χ0n) is 44.3. The molecule has 8 nitrogen and oxygen atoms in total. The summed E-state index contributed by atoms with van der Waals surface area (Å²) < 4.78 is 23.7. The van der Waals surface area contributed by atoms with Gasteiger partial charge in [-0.05, 0) is 38.5 Å². The third-order valence-corrected chi connectivity index (χ3v) is 14.2. The third kappa shape index (κ3) is 50.9. The minimum Gasteiger partial charge on any atom is -0.391 e. The minimum atomic E-state index is -4.32.